The Bertz CT molecular complexity index is 839. The Balaban J connectivity index is 2.69. The Hall–Kier alpha value is -2.76. The predicted octanol–water partition coefficient (Wildman–Crippen LogP) is 7.84. The minimum absolute atomic E-state index is 0.193. The van der Waals surface area contributed by atoms with Gasteiger partial charge in [-0.3, -0.25) is 0 Å². The van der Waals surface area contributed by atoms with Crippen LogP contribution in [0.3, 0.4) is 0 Å². The van der Waals surface area contributed by atoms with Crippen LogP contribution in [0.2, 0.25) is 0 Å². The van der Waals surface area contributed by atoms with Crippen LogP contribution in [0, 0.1) is 5.92 Å². The molecule has 28 heavy (non-hydrogen) atoms. The molecule has 1 heteroatoms. The van der Waals surface area contributed by atoms with Crippen LogP contribution in [0.1, 0.15) is 52.0 Å². The van der Waals surface area contributed by atoms with Gasteiger partial charge in [-0.2, -0.15) is 0 Å². The summed E-state index contributed by atoms with van der Waals surface area (Å²) in [5.41, 5.74) is 8.42. The Morgan fingerprint density at radius 1 is 1.14 bits per heavy atom. The zero-order valence-corrected chi connectivity index (χ0v) is 17.7. The highest BCUT2D eigenvalue weighted by atomic mass is 15.2. The molecule has 1 aromatic rings. The second kappa shape index (κ2) is 11.2. The van der Waals surface area contributed by atoms with E-state index in [1.54, 1.807) is 0 Å². The van der Waals surface area contributed by atoms with Gasteiger partial charge >= 0.3 is 0 Å². The lowest BCUT2D eigenvalue weighted by molar-refractivity contribution is 0.814. The van der Waals surface area contributed by atoms with Crippen LogP contribution in [-0.2, 0) is 0 Å². The van der Waals surface area contributed by atoms with E-state index in [-0.39, 0.29) is 5.92 Å². The molecule has 1 atom stereocenters. The van der Waals surface area contributed by atoms with E-state index in [4.69, 9.17) is 0 Å². The van der Waals surface area contributed by atoms with Gasteiger partial charge < -0.3 is 4.90 Å². The summed E-state index contributed by atoms with van der Waals surface area (Å²) >= 11 is 0. The highest BCUT2D eigenvalue weighted by Crippen LogP contribution is 2.36. The maximum atomic E-state index is 3.83. The van der Waals surface area contributed by atoms with E-state index in [1.165, 1.54) is 22.6 Å². The smallest absolute Gasteiger partial charge is 0.0655 e. The van der Waals surface area contributed by atoms with Gasteiger partial charge in [-0.05, 0) is 56.4 Å². The summed E-state index contributed by atoms with van der Waals surface area (Å²) in [5, 5.41) is 0. The molecule has 1 nitrogen and oxygen atoms in total. The molecule has 0 radical (unpaired) electrons. The van der Waals surface area contributed by atoms with Crippen LogP contribution in [-0.4, -0.2) is 0 Å². The van der Waals surface area contributed by atoms with Crippen LogP contribution in [0.25, 0.3) is 0 Å². The maximum absolute atomic E-state index is 3.83. The number of nitrogens with zero attached hydrogens (tertiary/aromatic N) is 1. The molecule has 146 valence electrons. The first-order valence-corrected chi connectivity index (χ1v) is 10.2. The third-order valence-corrected chi connectivity index (χ3v) is 4.55. The Morgan fingerprint density at radius 2 is 1.93 bits per heavy atom. The topological polar surface area (TPSA) is 3.24 Å². The molecular formula is C27H33N. The van der Waals surface area contributed by atoms with E-state index in [1.807, 2.05) is 12.2 Å². The van der Waals surface area contributed by atoms with Crippen molar-refractivity contribution in [2.45, 2.75) is 46.5 Å². The van der Waals surface area contributed by atoms with Crippen molar-refractivity contribution < 1.29 is 0 Å². The summed E-state index contributed by atoms with van der Waals surface area (Å²) in [4.78, 5) is 2.39. The average Bonchev–Trinajstić information content (AvgIpc) is 3.20. The lowest BCUT2D eigenvalue weighted by Crippen LogP contribution is -2.22. The second-order valence-corrected chi connectivity index (χ2v) is 7.24. The van der Waals surface area contributed by atoms with Crippen molar-refractivity contribution in [3.8, 4) is 0 Å². The monoisotopic (exact) mass is 371 g/mol. The zero-order chi connectivity index (χ0) is 20.4. The van der Waals surface area contributed by atoms with E-state index < -0.39 is 0 Å². The molecule has 0 heterocycles. The molecule has 0 spiro atoms. The SMILES string of the molecule is C=C/C=C\C(C=CC)c1ccccc1N(C1=C=CCC1)C(/C=C\C)=C/C(C)C. The van der Waals surface area contributed by atoms with Gasteiger partial charge in [0.05, 0.1) is 11.4 Å². The van der Waals surface area contributed by atoms with E-state index in [0.717, 1.165) is 12.8 Å². The molecule has 1 unspecified atom stereocenters. The first-order chi connectivity index (χ1) is 13.6. The molecule has 0 saturated carbocycles. The summed E-state index contributed by atoms with van der Waals surface area (Å²) in [7, 11) is 0. The second-order valence-electron chi connectivity index (χ2n) is 7.24. The fourth-order valence-electron chi connectivity index (χ4n) is 3.45. The highest BCUT2D eigenvalue weighted by Gasteiger charge is 2.21. The highest BCUT2D eigenvalue weighted by molar-refractivity contribution is 5.67. The van der Waals surface area contributed by atoms with Crippen molar-refractivity contribution in [3.63, 3.8) is 0 Å². The average molecular weight is 372 g/mol. The van der Waals surface area contributed by atoms with E-state index in [0.29, 0.717) is 5.92 Å². The quantitative estimate of drug-likeness (QED) is 0.243. The van der Waals surface area contributed by atoms with Gasteiger partial charge in [0.2, 0.25) is 0 Å². The van der Waals surface area contributed by atoms with Crippen molar-refractivity contribution >= 4 is 5.69 Å². The van der Waals surface area contributed by atoms with E-state index >= 15 is 0 Å². The van der Waals surface area contributed by atoms with Crippen LogP contribution < -0.4 is 4.90 Å². The molecule has 0 amide bonds. The Labute approximate surface area is 171 Å². The van der Waals surface area contributed by atoms with Gasteiger partial charge in [-0.1, -0.05) is 81.2 Å². The summed E-state index contributed by atoms with van der Waals surface area (Å²) in [6, 6.07) is 8.69. The lowest BCUT2D eigenvalue weighted by Gasteiger charge is -2.30. The number of para-hydroxylation sites is 1. The maximum Gasteiger partial charge on any atom is 0.0655 e. The van der Waals surface area contributed by atoms with E-state index in [9.17, 15) is 0 Å². The summed E-state index contributed by atoms with van der Waals surface area (Å²) in [5.74, 6) is 0.650. The van der Waals surface area contributed by atoms with Crippen molar-refractivity contribution in [2.75, 3.05) is 4.90 Å². The summed E-state index contributed by atoms with van der Waals surface area (Å²) in [6.45, 7) is 12.4. The molecule has 0 aromatic heterocycles. The van der Waals surface area contributed by atoms with Gasteiger partial charge in [-0.25, -0.2) is 0 Å². The van der Waals surface area contributed by atoms with Gasteiger partial charge in [0.25, 0.3) is 0 Å². The lowest BCUT2D eigenvalue weighted by atomic mass is 9.94. The number of benzene rings is 1. The zero-order valence-electron chi connectivity index (χ0n) is 17.7. The first kappa shape index (κ1) is 21.5. The van der Waals surface area contributed by atoms with Crippen LogP contribution in [0.5, 0.6) is 0 Å². The fourth-order valence-corrected chi connectivity index (χ4v) is 3.45. The van der Waals surface area contributed by atoms with E-state index in [2.05, 4.69) is 112 Å². The number of anilines is 1. The molecule has 0 bridgehead atoms. The van der Waals surface area contributed by atoms with Crippen LogP contribution in [0.15, 0.2) is 103 Å². The molecular weight excluding hydrogens is 338 g/mol. The molecule has 2 rings (SSSR count). The minimum atomic E-state index is 0.193. The number of hydrogen-bond acceptors (Lipinski definition) is 1. The van der Waals surface area contributed by atoms with Crippen molar-refractivity contribution in [1.82, 2.24) is 0 Å². The number of allylic oxidation sites excluding steroid dienone is 9. The molecule has 0 fully saturated rings. The Kier molecular flexibility index (Phi) is 8.59. The minimum Gasteiger partial charge on any atom is -0.307 e. The molecule has 0 aliphatic heterocycles. The summed E-state index contributed by atoms with van der Waals surface area (Å²) in [6.07, 6.45) is 21.3. The third-order valence-electron chi connectivity index (χ3n) is 4.55. The number of rotatable bonds is 9. The molecule has 1 aliphatic rings. The van der Waals surface area contributed by atoms with Crippen LogP contribution in [0.4, 0.5) is 5.69 Å². The van der Waals surface area contributed by atoms with Gasteiger partial charge in [0.1, 0.15) is 0 Å². The standard InChI is InChI=1S/C27H33N/c1-6-9-16-23(14-7-2)26-19-12-13-20-27(26)28(24-17-10-11-18-24)25(15-8-3)21-22(4)5/h6-10,12-16,19-23H,1,11,18H2,2-5H3/b14-7?,15-8-,16-9-,25-21+. The molecule has 0 saturated heterocycles. The van der Waals surface area contributed by atoms with Crippen molar-refractivity contribution in [1.29, 1.82) is 0 Å². The Morgan fingerprint density at radius 3 is 2.54 bits per heavy atom. The molecule has 0 N–H and O–H groups in total. The van der Waals surface area contributed by atoms with Crippen molar-refractivity contribution in [3.05, 3.63) is 108 Å². The van der Waals surface area contributed by atoms with Crippen LogP contribution >= 0.6 is 0 Å². The summed E-state index contributed by atoms with van der Waals surface area (Å²) < 4.78 is 0. The fraction of sp³-hybridized carbons (Fsp3) is 0.296. The molecule has 1 aliphatic carbocycles. The molecule has 1 aromatic carbocycles. The van der Waals surface area contributed by atoms with Gasteiger partial charge in [-0.15, -0.1) is 5.73 Å². The largest absolute Gasteiger partial charge is 0.307 e. The van der Waals surface area contributed by atoms with Gasteiger partial charge in [0.15, 0.2) is 0 Å². The normalized spacial score (nSPS) is 15.9. The van der Waals surface area contributed by atoms with Crippen molar-refractivity contribution in [2.24, 2.45) is 5.92 Å². The predicted molar refractivity (Wildman–Crippen MR) is 124 cm³/mol. The first-order valence-electron chi connectivity index (χ1n) is 10.2. The van der Waals surface area contributed by atoms with Gasteiger partial charge in [0, 0.05) is 11.6 Å². The number of hydrogen-bond donors (Lipinski definition) is 0. The third kappa shape index (κ3) is 5.62.